The molecule has 1 rings (SSSR count). The molecule has 0 aliphatic carbocycles. The smallest absolute Gasteiger partial charge is 0.340 e. The second-order valence-electron chi connectivity index (χ2n) is 5.64. The van der Waals surface area contributed by atoms with Crippen LogP contribution in [0.2, 0.25) is 5.02 Å². The Labute approximate surface area is 150 Å². The van der Waals surface area contributed by atoms with E-state index in [0.29, 0.717) is 6.54 Å². The number of hydrogen-bond donors (Lipinski definition) is 2. The van der Waals surface area contributed by atoms with Gasteiger partial charge in [-0.3, -0.25) is 10.1 Å². The number of urea groups is 1. The second-order valence-corrected chi connectivity index (χ2v) is 8.06. The predicted octanol–water partition coefficient (Wildman–Crippen LogP) is 1.38. The lowest BCUT2D eigenvalue weighted by Crippen LogP contribution is -2.42. The van der Waals surface area contributed by atoms with Gasteiger partial charge in [0.15, 0.2) is 16.4 Å². The summed E-state index contributed by atoms with van der Waals surface area (Å²) in [6.45, 7) is 3.44. The quantitative estimate of drug-likeness (QED) is 0.708. The van der Waals surface area contributed by atoms with Crippen LogP contribution in [0.3, 0.4) is 0 Å². The van der Waals surface area contributed by atoms with E-state index in [1.54, 1.807) is 0 Å². The Bertz CT molecular complexity index is 776. The highest BCUT2D eigenvalue weighted by atomic mass is 35.5. The van der Waals surface area contributed by atoms with Crippen LogP contribution in [0.5, 0.6) is 0 Å². The molecule has 0 saturated heterocycles. The summed E-state index contributed by atoms with van der Waals surface area (Å²) in [7, 11) is -3.53. The zero-order valence-corrected chi connectivity index (χ0v) is 15.5. The zero-order valence-electron chi connectivity index (χ0n) is 14.0. The van der Waals surface area contributed by atoms with Gasteiger partial charge in [-0.25, -0.2) is 18.0 Å². The third kappa shape index (κ3) is 7.10. The van der Waals surface area contributed by atoms with Gasteiger partial charge in [-0.15, -0.1) is 0 Å². The number of imide groups is 1. The van der Waals surface area contributed by atoms with Crippen molar-refractivity contribution in [3.05, 3.63) is 28.8 Å². The molecule has 0 heterocycles. The largest absolute Gasteiger partial charge is 0.452 e. The van der Waals surface area contributed by atoms with Crippen LogP contribution in [0.15, 0.2) is 23.1 Å². The Morgan fingerprint density at radius 1 is 1.24 bits per heavy atom. The van der Waals surface area contributed by atoms with Crippen LogP contribution in [0.25, 0.3) is 0 Å². The van der Waals surface area contributed by atoms with Gasteiger partial charge >= 0.3 is 12.0 Å². The van der Waals surface area contributed by atoms with E-state index in [4.69, 9.17) is 16.3 Å². The summed E-state index contributed by atoms with van der Waals surface area (Å²) in [5.41, 5.74) is -0.193. The molecule has 8 nitrogen and oxygen atoms in total. The van der Waals surface area contributed by atoms with Gasteiger partial charge in [0.1, 0.15) is 0 Å². The predicted molar refractivity (Wildman–Crippen MR) is 91.2 cm³/mol. The molecule has 0 bridgehead atoms. The Morgan fingerprint density at radius 3 is 2.44 bits per heavy atom. The lowest BCUT2D eigenvalue weighted by atomic mass is 10.2. The molecule has 0 unspecified atom stereocenters. The summed E-state index contributed by atoms with van der Waals surface area (Å²) in [5, 5.41) is 4.44. The van der Waals surface area contributed by atoms with Crippen LogP contribution in [0.1, 0.15) is 24.2 Å². The summed E-state index contributed by atoms with van der Waals surface area (Å²) in [4.78, 5) is 34.8. The highest BCUT2D eigenvalue weighted by Gasteiger charge is 2.18. The average molecular weight is 391 g/mol. The summed E-state index contributed by atoms with van der Waals surface area (Å²) < 4.78 is 27.8. The SMILES string of the molecule is CC(C)CNC(=O)NC(=O)COC(=O)c1cc(S(C)(=O)=O)ccc1Cl. The molecule has 0 atom stereocenters. The molecule has 2 N–H and O–H groups in total. The molecular formula is C15H19ClN2O6S. The summed E-state index contributed by atoms with van der Waals surface area (Å²) in [6.07, 6.45) is 0.981. The number of hydrogen-bond acceptors (Lipinski definition) is 6. The molecule has 0 aromatic heterocycles. The maximum atomic E-state index is 12.0. The van der Waals surface area contributed by atoms with Crippen molar-refractivity contribution >= 4 is 39.3 Å². The first kappa shape index (κ1) is 20.9. The van der Waals surface area contributed by atoms with Crippen molar-refractivity contribution in [3.63, 3.8) is 0 Å². The van der Waals surface area contributed by atoms with Crippen LogP contribution in [-0.4, -0.2) is 45.7 Å². The second kappa shape index (κ2) is 8.82. The lowest BCUT2D eigenvalue weighted by Gasteiger charge is -2.09. The van der Waals surface area contributed by atoms with Gasteiger partial charge in [0.2, 0.25) is 0 Å². The van der Waals surface area contributed by atoms with Crippen molar-refractivity contribution in [1.82, 2.24) is 10.6 Å². The van der Waals surface area contributed by atoms with Gasteiger partial charge < -0.3 is 10.1 Å². The number of ether oxygens (including phenoxy) is 1. The zero-order chi connectivity index (χ0) is 19.2. The van der Waals surface area contributed by atoms with Crippen molar-refractivity contribution in [2.24, 2.45) is 5.92 Å². The number of carbonyl (C=O) groups excluding carboxylic acids is 3. The molecule has 0 spiro atoms. The van der Waals surface area contributed by atoms with Crippen molar-refractivity contribution in [3.8, 4) is 0 Å². The highest BCUT2D eigenvalue weighted by molar-refractivity contribution is 7.90. The van der Waals surface area contributed by atoms with Gasteiger partial charge in [0.05, 0.1) is 15.5 Å². The molecule has 138 valence electrons. The van der Waals surface area contributed by atoms with E-state index in [-0.39, 0.29) is 21.4 Å². The van der Waals surface area contributed by atoms with Crippen LogP contribution in [-0.2, 0) is 19.4 Å². The maximum Gasteiger partial charge on any atom is 0.340 e. The van der Waals surface area contributed by atoms with Crippen LogP contribution < -0.4 is 10.6 Å². The van der Waals surface area contributed by atoms with Crippen LogP contribution >= 0.6 is 11.6 Å². The first-order valence-electron chi connectivity index (χ1n) is 7.25. The lowest BCUT2D eigenvalue weighted by molar-refractivity contribution is -0.123. The number of sulfone groups is 1. The molecule has 0 aliphatic rings. The first-order chi connectivity index (χ1) is 11.5. The molecule has 0 saturated carbocycles. The van der Waals surface area contributed by atoms with Crippen molar-refractivity contribution in [2.75, 3.05) is 19.4 Å². The number of halogens is 1. The highest BCUT2D eigenvalue weighted by Crippen LogP contribution is 2.21. The molecule has 0 aliphatic heterocycles. The van der Waals surface area contributed by atoms with Gasteiger partial charge in [0, 0.05) is 12.8 Å². The maximum absolute atomic E-state index is 12.0. The molecule has 0 radical (unpaired) electrons. The summed E-state index contributed by atoms with van der Waals surface area (Å²) in [5.74, 6) is -1.60. The van der Waals surface area contributed by atoms with E-state index in [1.807, 2.05) is 19.2 Å². The van der Waals surface area contributed by atoms with Gasteiger partial charge in [-0.2, -0.15) is 0 Å². The summed E-state index contributed by atoms with van der Waals surface area (Å²) >= 11 is 5.85. The van der Waals surface area contributed by atoms with Gasteiger partial charge in [-0.05, 0) is 24.1 Å². The molecule has 1 aromatic carbocycles. The van der Waals surface area contributed by atoms with Crippen molar-refractivity contribution in [1.29, 1.82) is 0 Å². The Kier molecular flexibility index (Phi) is 7.38. The number of carbonyl (C=O) groups is 3. The first-order valence-corrected chi connectivity index (χ1v) is 9.52. The standard InChI is InChI=1S/C15H19ClN2O6S/c1-9(2)7-17-15(21)18-13(19)8-24-14(20)11-6-10(25(3,22)23)4-5-12(11)16/h4-6,9H,7-8H2,1-3H3,(H2,17,18,19,21). The molecule has 25 heavy (non-hydrogen) atoms. The average Bonchev–Trinajstić information content (AvgIpc) is 2.50. The van der Waals surface area contributed by atoms with E-state index in [0.717, 1.165) is 12.3 Å². The van der Waals surface area contributed by atoms with E-state index in [1.165, 1.54) is 12.1 Å². The minimum absolute atomic E-state index is 0.0208. The normalized spacial score (nSPS) is 11.1. The van der Waals surface area contributed by atoms with E-state index >= 15 is 0 Å². The molecule has 0 fully saturated rings. The van der Waals surface area contributed by atoms with Crippen LogP contribution in [0.4, 0.5) is 4.79 Å². The minimum atomic E-state index is -3.53. The summed E-state index contributed by atoms with van der Waals surface area (Å²) in [6, 6.07) is 2.85. The number of nitrogens with one attached hydrogen (secondary N) is 2. The molecule has 3 amide bonds. The Hall–Kier alpha value is -2.13. The van der Waals surface area contributed by atoms with Crippen molar-refractivity contribution in [2.45, 2.75) is 18.7 Å². The van der Waals surface area contributed by atoms with Crippen molar-refractivity contribution < 1.29 is 27.5 Å². The van der Waals surface area contributed by atoms with Gasteiger partial charge in [-0.1, -0.05) is 25.4 Å². The Balaban J connectivity index is 2.65. The topological polar surface area (TPSA) is 119 Å². The number of amides is 3. The third-order valence-electron chi connectivity index (χ3n) is 2.84. The fourth-order valence-electron chi connectivity index (χ4n) is 1.60. The monoisotopic (exact) mass is 390 g/mol. The van der Waals surface area contributed by atoms with Crippen LogP contribution in [0, 0.1) is 5.92 Å². The molecule has 1 aromatic rings. The fourth-order valence-corrected chi connectivity index (χ4v) is 2.45. The number of benzene rings is 1. The van der Waals surface area contributed by atoms with Gasteiger partial charge in [0.25, 0.3) is 5.91 Å². The van der Waals surface area contributed by atoms with E-state index < -0.39 is 34.4 Å². The van der Waals surface area contributed by atoms with E-state index in [2.05, 4.69) is 5.32 Å². The van der Waals surface area contributed by atoms with E-state index in [9.17, 15) is 22.8 Å². The molecule has 10 heteroatoms. The number of rotatable bonds is 6. The third-order valence-corrected chi connectivity index (χ3v) is 4.28. The molecular weight excluding hydrogens is 372 g/mol. The Morgan fingerprint density at radius 2 is 1.88 bits per heavy atom. The minimum Gasteiger partial charge on any atom is -0.452 e. The number of esters is 1. The fraction of sp³-hybridized carbons (Fsp3) is 0.400.